The van der Waals surface area contributed by atoms with Crippen molar-refractivity contribution in [1.29, 1.82) is 0 Å². The van der Waals surface area contributed by atoms with Crippen molar-refractivity contribution in [2.75, 3.05) is 18.5 Å². The number of hydrogen-bond acceptors (Lipinski definition) is 3. The summed E-state index contributed by atoms with van der Waals surface area (Å²) in [7, 11) is 0. The van der Waals surface area contributed by atoms with Crippen LogP contribution in [-0.2, 0) is 11.2 Å². The number of carbonyl (C=O) groups is 2. The van der Waals surface area contributed by atoms with Crippen molar-refractivity contribution in [3.8, 4) is 5.75 Å². The van der Waals surface area contributed by atoms with E-state index in [-0.39, 0.29) is 11.5 Å². The van der Waals surface area contributed by atoms with Gasteiger partial charge in [0.15, 0.2) is 0 Å². The third-order valence-electron chi connectivity index (χ3n) is 3.47. The van der Waals surface area contributed by atoms with Crippen LogP contribution in [0.4, 0.5) is 10.1 Å². The number of rotatable bonds is 7. The van der Waals surface area contributed by atoms with E-state index in [0.29, 0.717) is 31.0 Å². The van der Waals surface area contributed by atoms with Gasteiger partial charge >= 0.3 is 0 Å². The van der Waals surface area contributed by atoms with Crippen molar-refractivity contribution >= 4 is 17.5 Å². The van der Waals surface area contributed by atoms with Crippen molar-refractivity contribution < 1.29 is 18.7 Å². The monoisotopic (exact) mass is 344 g/mol. The Hall–Kier alpha value is -2.89. The number of anilines is 1. The Labute approximate surface area is 146 Å². The summed E-state index contributed by atoms with van der Waals surface area (Å²) in [5, 5.41) is 5.42. The smallest absolute Gasteiger partial charge is 0.254 e. The highest BCUT2D eigenvalue weighted by molar-refractivity contribution is 5.94. The lowest BCUT2D eigenvalue weighted by atomic mass is 10.1. The van der Waals surface area contributed by atoms with Crippen molar-refractivity contribution in [2.24, 2.45) is 0 Å². The molecule has 2 amide bonds. The fraction of sp³-hybridized carbons (Fsp3) is 0.263. The molecule has 0 fully saturated rings. The second kappa shape index (κ2) is 8.82. The van der Waals surface area contributed by atoms with Crippen molar-refractivity contribution in [3.05, 3.63) is 59.4 Å². The first-order chi connectivity index (χ1) is 12.0. The van der Waals surface area contributed by atoms with Crippen LogP contribution in [-0.4, -0.2) is 25.0 Å². The van der Waals surface area contributed by atoms with Gasteiger partial charge in [0.1, 0.15) is 11.6 Å². The van der Waals surface area contributed by atoms with Crippen LogP contribution in [0.15, 0.2) is 42.5 Å². The molecule has 0 aromatic heterocycles. The Morgan fingerprint density at radius 1 is 1.16 bits per heavy atom. The summed E-state index contributed by atoms with van der Waals surface area (Å²) in [6.07, 6.45) is 0.541. The molecule has 0 aliphatic carbocycles. The molecule has 0 aliphatic rings. The maximum absolute atomic E-state index is 13.6. The number of halogens is 1. The van der Waals surface area contributed by atoms with E-state index in [2.05, 4.69) is 10.6 Å². The van der Waals surface area contributed by atoms with Gasteiger partial charge in [0.25, 0.3) is 5.91 Å². The Bertz CT molecular complexity index is 762. The number of ether oxygens (including phenoxy) is 1. The standard InChI is InChI=1S/C19H21FN2O3/c1-3-25-18-9-8-14(12-17(18)22-13(2)23)10-11-21-19(24)15-6-4-5-7-16(15)20/h4-9,12H,3,10-11H2,1-2H3,(H,21,24)(H,22,23). The van der Waals surface area contributed by atoms with Crippen LogP contribution in [0.5, 0.6) is 5.75 Å². The van der Waals surface area contributed by atoms with E-state index in [0.717, 1.165) is 5.56 Å². The van der Waals surface area contributed by atoms with Gasteiger partial charge in [-0.15, -0.1) is 0 Å². The van der Waals surface area contributed by atoms with E-state index in [4.69, 9.17) is 4.74 Å². The molecule has 2 aromatic carbocycles. The molecule has 2 N–H and O–H groups in total. The Kier molecular flexibility index (Phi) is 6.51. The van der Waals surface area contributed by atoms with Gasteiger partial charge in [-0.05, 0) is 43.2 Å². The molecule has 25 heavy (non-hydrogen) atoms. The normalized spacial score (nSPS) is 10.2. The van der Waals surface area contributed by atoms with Gasteiger partial charge in [0, 0.05) is 13.5 Å². The molecule has 5 nitrogen and oxygen atoms in total. The molecular formula is C19H21FN2O3. The first-order valence-electron chi connectivity index (χ1n) is 8.07. The molecule has 0 saturated carbocycles. The third kappa shape index (κ3) is 5.31. The summed E-state index contributed by atoms with van der Waals surface area (Å²) in [5.74, 6) is -0.595. The lowest BCUT2D eigenvalue weighted by molar-refractivity contribution is -0.114. The lowest BCUT2D eigenvalue weighted by Gasteiger charge is -2.13. The largest absolute Gasteiger partial charge is 0.492 e. The number of benzene rings is 2. The predicted molar refractivity (Wildman–Crippen MR) is 94.4 cm³/mol. The van der Waals surface area contributed by atoms with E-state index in [9.17, 15) is 14.0 Å². The van der Waals surface area contributed by atoms with Crippen LogP contribution in [0.25, 0.3) is 0 Å². The molecule has 0 saturated heterocycles. The Morgan fingerprint density at radius 2 is 1.92 bits per heavy atom. The summed E-state index contributed by atoms with van der Waals surface area (Å²) in [4.78, 5) is 23.3. The van der Waals surface area contributed by atoms with Gasteiger partial charge < -0.3 is 15.4 Å². The van der Waals surface area contributed by atoms with E-state index in [1.54, 1.807) is 12.1 Å². The van der Waals surface area contributed by atoms with Gasteiger partial charge in [-0.1, -0.05) is 18.2 Å². The topological polar surface area (TPSA) is 67.4 Å². The Balaban J connectivity index is 1.99. The minimum absolute atomic E-state index is 0.0214. The highest BCUT2D eigenvalue weighted by atomic mass is 19.1. The number of carbonyl (C=O) groups excluding carboxylic acids is 2. The van der Waals surface area contributed by atoms with Crippen LogP contribution in [0, 0.1) is 5.82 Å². The minimum Gasteiger partial charge on any atom is -0.492 e. The van der Waals surface area contributed by atoms with E-state index < -0.39 is 11.7 Å². The quantitative estimate of drug-likeness (QED) is 0.811. The van der Waals surface area contributed by atoms with E-state index >= 15 is 0 Å². The summed E-state index contributed by atoms with van der Waals surface area (Å²) < 4.78 is 19.0. The molecule has 0 bridgehead atoms. The molecular weight excluding hydrogens is 323 g/mol. The molecule has 2 rings (SSSR count). The van der Waals surface area contributed by atoms with Crippen LogP contribution in [0.2, 0.25) is 0 Å². The van der Waals surface area contributed by atoms with E-state index in [1.807, 2.05) is 19.1 Å². The number of nitrogens with one attached hydrogen (secondary N) is 2. The number of hydrogen-bond donors (Lipinski definition) is 2. The van der Waals surface area contributed by atoms with Gasteiger partial charge in [-0.3, -0.25) is 9.59 Å². The van der Waals surface area contributed by atoms with Gasteiger partial charge in [0.2, 0.25) is 5.91 Å². The summed E-state index contributed by atoms with van der Waals surface area (Å²) in [5.41, 5.74) is 1.53. The zero-order valence-corrected chi connectivity index (χ0v) is 14.3. The molecule has 0 radical (unpaired) electrons. The molecule has 0 atom stereocenters. The molecule has 6 heteroatoms. The zero-order valence-electron chi connectivity index (χ0n) is 14.3. The molecule has 132 valence electrons. The zero-order chi connectivity index (χ0) is 18.2. The minimum atomic E-state index is -0.547. The highest BCUT2D eigenvalue weighted by Crippen LogP contribution is 2.26. The third-order valence-corrected chi connectivity index (χ3v) is 3.47. The first kappa shape index (κ1) is 18.4. The van der Waals surface area contributed by atoms with E-state index in [1.165, 1.54) is 25.1 Å². The molecule has 0 aliphatic heterocycles. The summed E-state index contributed by atoms with van der Waals surface area (Å²) in [6, 6.07) is 11.3. The van der Waals surface area contributed by atoms with Crippen molar-refractivity contribution in [1.82, 2.24) is 5.32 Å². The SMILES string of the molecule is CCOc1ccc(CCNC(=O)c2ccccc2F)cc1NC(C)=O. The van der Waals surface area contributed by atoms with Crippen molar-refractivity contribution in [2.45, 2.75) is 20.3 Å². The molecule has 0 unspecified atom stereocenters. The first-order valence-corrected chi connectivity index (χ1v) is 8.07. The molecule has 2 aromatic rings. The second-order valence-electron chi connectivity index (χ2n) is 5.43. The van der Waals surface area contributed by atoms with Crippen LogP contribution in [0.1, 0.15) is 29.8 Å². The maximum atomic E-state index is 13.6. The van der Waals surface area contributed by atoms with Crippen molar-refractivity contribution in [3.63, 3.8) is 0 Å². The van der Waals surface area contributed by atoms with Crippen LogP contribution >= 0.6 is 0 Å². The fourth-order valence-corrected chi connectivity index (χ4v) is 2.36. The Morgan fingerprint density at radius 3 is 2.60 bits per heavy atom. The predicted octanol–water partition coefficient (Wildman–Crippen LogP) is 3.16. The molecule has 0 spiro atoms. The maximum Gasteiger partial charge on any atom is 0.254 e. The highest BCUT2D eigenvalue weighted by Gasteiger charge is 2.11. The summed E-state index contributed by atoms with van der Waals surface area (Å²) >= 11 is 0. The van der Waals surface area contributed by atoms with Crippen LogP contribution in [0.3, 0.4) is 0 Å². The van der Waals surface area contributed by atoms with Gasteiger partial charge in [-0.2, -0.15) is 0 Å². The molecule has 0 heterocycles. The van der Waals surface area contributed by atoms with Gasteiger partial charge in [0.05, 0.1) is 17.9 Å². The van der Waals surface area contributed by atoms with Crippen LogP contribution < -0.4 is 15.4 Å². The lowest BCUT2D eigenvalue weighted by Crippen LogP contribution is -2.26. The fourth-order valence-electron chi connectivity index (χ4n) is 2.36. The summed E-state index contributed by atoms with van der Waals surface area (Å²) in [6.45, 7) is 4.13. The average molecular weight is 344 g/mol. The second-order valence-corrected chi connectivity index (χ2v) is 5.43. The average Bonchev–Trinajstić information content (AvgIpc) is 2.57. The van der Waals surface area contributed by atoms with Gasteiger partial charge in [-0.25, -0.2) is 4.39 Å². The number of amides is 2.